The number of carbonyl (C=O) groups is 1. The molecule has 1 aliphatic heterocycles. The van der Waals surface area contributed by atoms with Crippen LogP contribution in [0.3, 0.4) is 0 Å². The number of carbonyl (C=O) groups excluding carboxylic acids is 1. The van der Waals surface area contributed by atoms with Gasteiger partial charge in [0.05, 0.1) is 27.6 Å². The Kier molecular flexibility index (Phi) is 7.03. The zero-order valence-corrected chi connectivity index (χ0v) is 21.4. The van der Waals surface area contributed by atoms with Crippen LogP contribution in [0.5, 0.6) is 0 Å². The van der Waals surface area contributed by atoms with E-state index in [1.54, 1.807) is 29.4 Å². The summed E-state index contributed by atoms with van der Waals surface area (Å²) in [4.78, 5) is 24.3. The molecule has 1 atom stereocenters. The summed E-state index contributed by atoms with van der Waals surface area (Å²) in [5, 5.41) is 1.09. The molecular weight excluding hydrogens is 523 g/mol. The van der Waals surface area contributed by atoms with Gasteiger partial charge in [-0.2, -0.15) is 4.31 Å². The number of benzene rings is 2. The third-order valence-corrected chi connectivity index (χ3v) is 9.24. The lowest BCUT2D eigenvalue weighted by molar-refractivity contribution is -0.123. The zero-order chi connectivity index (χ0) is 25.3. The summed E-state index contributed by atoms with van der Waals surface area (Å²) >= 11 is 7.50. The number of sulfonamides is 1. The number of hydrogen-bond acceptors (Lipinski definition) is 6. The predicted octanol–water partition coefficient (Wildman–Crippen LogP) is 5.12. The minimum Gasteiger partial charge on any atom is -0.283 e. The summed E-state index contributed by atoms with van der Waals surface area (Å²) in [6.45, 7) is 0.589. The maximum Gasteiger partial charge on any atom is 0.243 e. The number of nitrogens with zero attached hydrogens (tertiary/aromatic N) is 4. The molecular formula is C25H22ClFN4O3S2. The summed E-state index contributed by atoms with van der Waals surface area (Å²) in [7, 11) is -3.86. The zero-order valence-electron chi connectivity index (χ0n) is 19.0. The number of fused-ring (bicyclic) bond motifs is 1. The quantitative estimate of drug-likeness (QED) is 0.336. The van der Waals surface area contributed by atoms with Gasteiger partial charge in [-0.1, -0.05) is 29.0 Å². The van der Waals surface area contributed by atoms with E-state index < -0.39 is 21.8 Å². The van der Waals surface area contributed by atoms with Gasteiger partial charge in [0.2, 0.25) is 15.9 Å². The van der Waals surface area contributed by atoms with Gasteiger partial charge in [-0.25, -0.2) is 17.8 Å². The van der Waals surface area contributed by atoms with Gasteiger partial charge in [-0.05, 0) is 66.9 Å². The fourth-order valence-corrected chi connectivity index (χ4v) is 7.02. The molecule has 0 radical (unpaired) electrons. The molecule has 1 fully saturated rings. The van der Waals surface area contributed by atoms with Crippen molar-refractivity contribution in [2.45, 2.75) is 24.3 Å². The highest BCUT2D eigenvalue weighted by molar-refractivity contribution is 7.89. The molecule has 2 aromatic carbocycles. The smallest absolute Gasteiger partial charge is 0.243 e. The van der Waals surface area contributed by atoms with E-state index in [2.05, 4.69) is 9.97 Å². The summed E-state index contributed by atoms with van der Waals surface area (Å²) < 4.78 is 41.9. The van der Waals surface area contributed by atoms with E-state index in [9.17, 15) is 17.6 Å². The van der Waals surface area contributed by atoms with Crippen LogP contribution in [-0.2, 0) is 21.4 Å². The van der Waals surface area contributed by atoms with E-state index >= 15 is 0 Å². The lowest BCUT2D eigenvalue weighted by Crippen LogP contribution is -2.46. The van der Waals surface area contributed by atoms with Gasteiger partial charge in [-0.3, -0.25) is 14.7 Å². The number of aromatic nitrogens is 2. The standard InChI is InChI=1S/C25H22ClFN4O3S2/c26-19-5-10-22-23(13-19)35-25(29-22)31(15-17-3-1-11-28-14-17)24(32)18-4-2-12-30(16-18)36(33,34)21-8-6-20(27)7-9-21/h1,3,5-11,13-14,18H,2,4,12,15-16H2. The Hall–Kier alpha value is -2.92. The van der Waals surface area contributed by atoms with Crippen molar-refractivity contribution in [3.63, 3.8) is 0 Å². The van der Waals surface area contributed by atoms with Crippen molar-refractivity contribution in [2.24, 2.45) is 5.92 Å². The first-order valence-electron chi connectivity index (χ1n) is 11.3. The predicted molar refractivity (Wildman–Crippen MR) is 138 cm³/mol. The lowest BCUT2D eigenvalue weighted by Gasteiger charge is -2.33. The number of piperidine rings is 1. The first-order valence-corrected chi connectivity index (χ1v) is 14.0. The highest BCUT2D eigenvalue weighted by Gasteiger charge is 2.36. The van der Waals surface area contributed by atoms with Gasteiger partial charge in [0.25, 0.3) is 0 Å². The average Bonchev–Trinajstić information content (AvgIpc) is 3.31. The molecule has 36 heavy (non-hydrogen) atoms. The number of pyridine rings is 1. The Bertz CT molecular complexity index is 1500. The van der Waals surface area contributed by atoms with Crippen LogP contribution in [-0.4, -0.2) is 41.7 Å². The highest BCUT2D eigenvalue weighted by atomic mass is 35.5. The van der Waals surface area contributed by atoms with Crippen molar-refractivity contribution < 1.29 is 17.6 Å². The molecule has 0 spiro atoms. The van der Waals surface area contributed by atoms with Gasteiger partial charge in [-0.15, -0.1) is 0 Å². The van der Waals surface area contributed by atoms with Gasteiger partial charge in [0.15, 0.2) is 5.13 Å². The molecule has 1 amide bonds. The molecule has 4 aromatic rings. The second-order valence-electron chi connectivity index (χ2n) is 8.55. The van der Waals surface area contributed by atoms with E-state index in [1.807, 2.05) is 18.2 Å². The van der Waals surface area contributed by atoms with Gasteiger partial charge >= 0.3 is 0 Å². The molecule has 0 aliphatic carbocycles. The van der Waals surface area contributed by atoms with Gasteiger partial charge < -0.3 is 0 Å². The number of hydrogen-bond donors (Lipinski definition) is 0. The Balaban J connectivity index is 1.44. The maximum absolute atomic E-state index is 13.9. The first kappa shape index (κ1) is 24.8. The Morgan fingerprint density at radius 3 is 2.75 bits per heavy atom. The topological polar surface area (TPSA) is 83.5 Å². The minimum atomic E-state index is -3.86. The molecule has 0 bridgehead atoms. The average molecular weight is 545 g/mol. The van der Waals surface area contributed by atoms with E-state index in [0.29, 0.717) is 29.5 Å². The number of halogens is 2. The maximum atomic E-state index is 13.9. The Labute approximate surface area is 217 Å². The summed E-state index contributed by atoms with van der Waals surface area (Å²) in [5.74, 6) is -1.27. The van der Waals surface area contributed by atoms with E-state index in [-0.39, 0.29) is 23.9 Å². The molecule has 1 saturated heterocycles. The van der Waals surface area contributed by atoms with E-state index in [0.717, 1.165) is 27.9 Å². The highest BCUT2D eigenvalue weighted by Crippen LogP contribution is 2.34. The monoisotopic (exact) mass is 544 g/mol. The lowest BCUT2D eigenvalue weighted by atomic mass is 9.98. The molecule has 0 saturated carbocycles. The van der Waals surface area contributed by atoms with Crippen LogP contribution >= 0.6 is 22.9 Å². The molecule has 0 N–H and O–H groups in total. The van der Waals surface area contributed by atoms with Crippen LogP contribution in [0, 0.1) is 11.7 Å². The SMILES string of the molecule is O=C(C1CCCN(S(=O)(=O)c2ccc(F)cc2)C1)N(Cc1cccnc1)c1nc2ccc(Cl)cc2s1. The molecule has 1 aliphatic rings. The van der Waals surface area contributed by atoms with Crippen molar-refractivity contribution >= 4 is 54.2 Å². The van der Waals surface area contributed by atoms with E-state index in [1.165, 1.54) is 27.8 Å². The van der Waals surface area contributed by atoms with Crippen LogP contribution in [0.4, 0.5) is 9.52 Å². The van der Waals surface area contributed by atoms with Crippen molar-refractivity contribution in [2.75, 3.05) is 18.0 Å². The summed E-state index contributed by atoms with van der Waals surface area (Å²) in [5.41, 5.74) is 1.56. The number of anilines is 1. The van der Waals surface area contributed by atoms with Crippen LogP contribution < -0.4 is 4.90 Å². The van der Waals surface area contributed by atoms with Crippen molar-refractivity contribution in [3.05, 3.63) is 83.4 Å². The second kappa shape index (κ2) is 10.2. The van der Waals surface area contributed by atoms with Crippen LogP contribution in [0.1, 0.15) is 18.4 Å². The van der Waals surface area contributed by atoms with E-state index in [4.69, 9.17) is 11.6 Å². The third-order valence-electron chi connectivity index (χ3n) is 6.08. The van der Waals surface area contributed by atoms with Gasteiger partial charge in [0.1, 0.15) is 5.82 Å². The van der Waals surface area contributed by atoms with Crippen molar-refractivity contribution in [3.8, 4) is 0 Å². The van der Waals surface area contributed by atoms with Crippen molar-refractivity contribution in [1.82, 2.24) is 14.3 Å². The fourth-order valence-electron chi connectivity index (χ4n) is 4.25. The molecule has 186 valence electrons. The Morgan fingerprint density at radius 2 is 2.00 bits per heavy atom. The number of amides is 1. The molecule has 7 nitrogen and oxygen atoms in total. The fraction of sp³-hybridized carbons (Fsp3) is 0.240. The molecule has 2 aromatic heterocycles. The normalized spacial score (nSPS) is 16.8. The molecule has 1 unspecified atom stereocenters. The number of thiazole rings is 1. The molecule has 11 heteroatoms. The third kappa shape index (κ3) is 5.12. The number of rotatable bonds is 6. The molecule has 5 rings (SSSR count). The second-order valence-corrected chi connectivity index (χ2v) is 11.9. The minimum absolute atomic E-state index is 0.00673. The summed E-state index contributed by atoms with van der Waals surface area (Å²) in [6.07, 6.45) is 4.44. The van der Waals surface area contributed by atoms with Gasteiger partial charge in [0, 0.05) is 30.5 Å². The Morgan fingerprint density at radius 1 is 1.19 bits per heavy atom. The largest absolute Gasteiger partial charge is 0.283 e. The summed E-state index contributed by atoms with van der Waals surface area (Å²) in [6, 6.07) is 13.8. The van der Waals surface area contributed by atoms with Crippen LogP contribution in [0.15, 0.2) is 71.9 Å². The van der Waals surface area contributed by atoms with Crippen molar-refractivity contribution in [1.29, 1.82) is 0 Å². The van der Waals surface area contributed by atoms with Crippen LogP contribution in [0.25, 0.3) is 10.2 Å². The first-order chi connectivity index (χ1) is 17.3. The molecule has 3 heterocycles. The van der Waals surface area contributed by atoms with Crippen LogP contribution in [0.2, 0.25) is 5.02 Å².